The number of hydrogen-bond donors (Lipinski definition) is 2. The van der Waals surface area contributed by atoms with E-state index >= 15 is 0 Å². The molecule has 100 valence electrons. The lowest BCUT2D eigenvalue weighted by molar-refractivity contribution is -0.129. The largest absolute Gasteiger partial charge is 0.359 e. The Bertz CT molecular complexity index is 257. The summed E-state index contributed by atoms with van der Waals surface area (Å²) in [5, 5.41) is 5.67. The number of amides is 2. The second kappa shape index (κ2) is 8.31. The molecular formula is C11H22ClN3O2. The number of likely N-dealkylation sites (N-methyl/N-ethyl adjacent to an activating group) is 1. The van der Waals surface area contributed by atoms with Crippen molar-refractivity contribution in [1.29, 1.82) is 0 Å². The van der Waals surface area contributed by atoms with Crippen molar-refractivity contribution >= 4 is 24.2 Å². The topological polar surface area (TPSA) is 61.4 Å². The molecule has 2 N–H and O–H groups in total. The fraction of sp³-hybridized carbons (Fsp3) is 0.818. The quantitative estimate of drug-likeness (QED) is 0.680. The molecule has 0 aromatic carbocycles. The van der Waals surface area contributed by atoms with Gasteiger partial charge in [0, 0.05) is 27.1 Å². The summed E-state index contributed by atoms with van der Waals surface area (Å²) in [6, 6.07) is 0. The standard InChI is InChI=1S/C11H21N3O2.ClH/c1-12-10(15)5-6-14(2)11(16)8-13-7-9-3-4-9;/h9,13H,3-8H2,1-2H3,(H,12,15);1H. The van der Waals surface area contributed by atoms with E-state index in [1.54, 1.807) is 19.0 Å². The number of nitrogens with one attached hydrogen (secondary N) is 2. The van der Waals surface area contributed by atoms with Crippen LogP contribution >= 0.6 is 12.4 Å². The number of rotatable bonds is 7. The zero-order valence-electron chi connectivity index (χ0n) is 10.5. The van der Waals surface area contributed by atoms with Gasteiger partial charge in [-0.25, -0.2) is 0 Å². The Morgan fingerprint density at radius 1 is 1.35 bits per heavy atom. The van der Waals surface area contributed by atoms with Crippen molar-refractivity contribution in [2.45, 2.75) is 19.3 Å². The van der Waals surface area contributed by atoms with Crippen LogP contribution in [0.3, 0.4) is 0 Å². The third-order valence-corrected chi connectivity index (χ3v) is 2.79. The van der Waals surface area contributed by atoms with Gasteiger partial charge >= 0.3 is 0 Å². The van der Waals surface area contributed by atoms with Gasteiger partial charge in [0.2, 0.25) is 11.8 Å². The molecular weight excluding hydrogens is 242 g/mol. The Kier molecular flexibility index (Phi) is 7.91. The second-order valence-corrected chi connectivity index (χ2v) is 4.31. The molecule has 0 aliphatic heterocycles. The maximum absolute atomic E-state index is 11.6. The van der Waals surface area contributed by atoms with Crippen molar-refractivity contribution in [2.75, 3.05) is 33.7 Å². The third-order valence-electron chi connectivity index (χ3n) is 2.79. The van der Waals surface area contributed by atoms with Crippen LogP contribution in [0.2, 0.25) is 0 Å². The van der Waals surface area contributed by atoms with Crippen LogP contribution in [-0.4, -0.2) is 50.4 Å². The molecule has 1 rings (SSSR count). The van der Waals surface area contributed by atoms with Gasteiger partial charge in [-0.1, -0.05) is 0 Å². The molecule has 0 spiro atoms. The van der Waals surface area contributed by atoms with Gasteiger partial charge in [-0.15, -0.1) is 12.4 Å². The molecule has 0 aromatic heterocycles. The zero-order chi connectivity index (χ0) is 12.0. The van der Waals surface area contributed by atoms with Crippen LogP contribution < -0.4 is 10.6 Å². The van der Waals surface area contributed by atoms with E-state index < -0.39 is 0 Å². The number of nitrogens with zero attached hydrogens (tertiary/aromatic N) is 1. The Balaban J connectivity index is 0.00000256. The summed E-state index contributed by atoms with van der Waals surface area (Å²) >= 11 is 0. The molecule has 0 unspecified atom stereocenters. The first kappa shape index (κ1) is 16.2. The van der Waals surface area contributed by atoms with E-state index in [9.17, 15) is 9.59 Å². The summed E-state index contributed by atoms with van der Waals surface area (Å²) in [5.41, 5.74) is 0. The molecule has 0 atom stereocenters. The minimum Gasteiger partial charge on any atom is -0.359 e. The van der Waals surface area contributed by atoms with Crippen LogP contribution in [0.15, 0.2) is 0 Å². The summed E-state index contributed by atoms with van der Waals surface area (Å²) in [4.78, 5) is 24.2. The van der Waals surface area contributed by atoms with E-state index in [-0.39, 0.29) is 24.2 Å². The number of carbonyl (C=O) groups excluding carboxylic acids is 2. The van der Waals surface area contributed by atoms with Gasteiger partial charge in [0.05, 0.1) is 6.54 Å². The molecule has 0 heterocycles. The summed E-state index contributed by atoms with van der Waals surface area (Å²) in [6.45, 7) is 1.79. The maximum Gasteiger partial charge on any atom is 0.236 e. The van der Waals surface area contributed by atoms with E-state index in [1.165, 1.54) is 12.8 Å². The molecule has 2 amide bonds. The van der Waals surface area contributed by atoms with Crippen molar-refractivity contribution in [1.82, 2.24) is 15.5 Å². The second-order valence-electron chi connectivity index (χ2n) is 4.31. The molecule has 1 aliphatic carbocycles. The van der Waals surface area contributed by atoms with Gasteiger partial charge in [-0.3, -0.25) is 9.59 Å². The number of carbonyl (C=O) groups is 2. The van der Waals surface area contributed by atoms with E-state index in [1.807, 2.05) is 0 Å². The van der Waals surface area contributed by atoms with Crippen molar-refractivity contribution in [3.63, 3.8) is 0 Å². The van der Waals surface area contributed by atoms with E-state index in [0.29, 0.717) is 19.5 Å². The van der Waals surface area contributed by atoms with Gasteiger partial charge in [-0.05, 0) is 25.3 Å². The fourth-order valence-electron chi connectivity index (χ4n) is 1.36. The SMILES string of the molecule is CNC(=O)CCN(C)C(=O)CNCC1CC1.Cl. The third kappa shape index (κ3) is 7.18. The van der Waals surface area contributed by atoms with Crippen LogP contribution in [0, 0.1) is 5.92 Å². The summed E-state index contributed by atoms with van der Waals surface area (Å²) < 4.78 is 0. The van der Waals surface area contributed by atoms with Crippen LogP contribution in [0.5, 0.6) is 0 Å². The molecule has 0 saturated heterocycles. The first-order valence-electron chi connectivity index (χ1n) is 5.78. The molecule has 0 bridgehead atoms. The average molecular weight is 264 g/mol. The summed E-state index contributed by atoms with van der Waals surface area (Å²) in [7, 11) is 3.32. The molecule has 6 heteroatoms. The average Bonchev–Trinajstić information content (AvgIpc) is 3.09. The lowest BCUT2D eigenvalue weighted by Crippen LogP contribution is -2.38. The van der Waals surface area contributed by atoms with Crippen molar-refractivity contribution in [2.24, 2.45) is 5.92 Å². The Labute approximate surface area is 109 Å². The van der Waals surface area contributed by atoms with Crippen LogP contribution in [0.25, 0.3) is 0 Å². The highest BCUT2D eigenvalue weighted by atomic mass is 35.5. The maximum atomic E-state index is 11.6. The van der Waals surface area contributed by atoms with Gasteiger partial charge in [0.15, 0.2) is 0 Å². The molecule has 1 aliphatic rings. The van der Waals surface area contributed by atoms with Crippen LogP contribution in [0.1, 0.15) is 19.3 Å². The van der Waals surface area contributed by atoms with Crippen LogP contribution in [0.4, 0.5) is 0 Å². The highest BCUT2D eigenvalue weighted by Gasteiger charge is 2.20. The van der Waals surface area contributed by atoms with Gasteiger partial charge in [0.25, 0.3) is 0 Å². The molecule has 5 nitrogen and oxygen atoms in total. The van der Waals surface area contributed by atoms with Gasteiger partial charge < -0.3 is 15.5 Å². The van der Waals surface area contributed by atoms with Crippen molar-refractivity contribution in [3.05, 3.63) is 0 Å². The fourth-order valence-corrected chi connectivity index (χ4v) is 1.36. The number of hydrogen-bond acceptors (Lipinski definition) is 3. The molecule has 0 aromatic rings. The minimum absolute atomic E-state index is 0. The Hall–Kier alpha value is -0.810. The van der Waals surface area contributed by atoms with Crippen LogP contribution in [-0.2, 0) is 9.59 Å². The minimum atomic E-state index is -0.0365. The van der Waals surface area contributed by atoms with E-state index in [4.69, 9.17) is 0 Å². The van der Waals surface area contributed by atoms with Gasteiger partial charge in [-0.2, -0.15) is 0 Å². The molecule has 1 saturated carbocycles. The monoisotopic (exact) mass is 263 g/mol. The number of halogens is 1. The lowest BCUT2D eigenvalue weighted by Gasteiger charge is -2.16. The predicted molar refractivity (Wildman–Crippen MR) is 69.2 cm³/mol. The van der Waals surface area contributed by atoms with Crippen molar-refractivity contribution in [3.8, 4) is 0 Å². The summed E-state index contributed by atoms with van der Waals surface area (Å²) in [6.07, 6.45) is 2.93. The van der Waals surface area contributed by atoms with E-state index in [0.717, 1.165) is 12.5 Å². The molecule has 1 fully saturated rings. The first-order valence-corrected chi connectivity index (χ1v) is 5.78. The Morgan fingerprint density at radius 3 is 2.53 bits per heavy atom. The zero-order valence-corrected chi connectivity index (χ0v) is 11.3. The smallest absolute Gasteiger partial charge is 0.236 e. The van der Waals surface area contributed by atoms with E-state index in [2.05, 4.69) is 10.6 Å². The predicted octanol–water partition coefficient (Wildman–Crippen LogP) is 0.00230. The Morgan fingerprint density at radius 2 is 2.00 bits per heavy atom. The molecule has 17 heavy (non-hydrogen) atoms. The summed E-state index contributed by atoms with van der Waals surface area (Å²) in [5.74, 6) is 0.791. The first-order chi connectivity index (χ1) is 7.63. The normalized spacial score (nSPS) is 13.8. The highest BCUT2D eigenvalue weighted by molar-refractivity contribution is 5.85. The highest BCUT2D eigenvalue weighted by Crippen LogP contribution is 2.27. The molecule has 0 radical (unpaired) electrons. The van der Waals surface area contributed by atoms with Gasteiger partial charge in [0.1, 0.15) is 0 Å². The van der Waals surface area contributed by atoms with Crippen molar-refractivity contribution < 1.29 is 9.59 Å². The lowest BCUT2D eigenvalue weighted by atomic mass is 10.3.